The molecular formula is C27H28BrF3N2O. The summed E-state index contributed by atoms with van der Waals surface area (Å²) < 4.78 is 39.8. The van der Waals surface area contributed by atoms with Crippen molar-refractivity contribution in [3.63, 3.8) is 0 Å². The highest BCUT2D eigenvalue weighted by Gasteiger charge is 2.54. The third-order valence-electron chi connectivity index (χ3n) is 7.82. The molecule has 4 heterocycles. The molecule has 2 bridgehead atoms. The molecule has 3 aliphatic heterocycles. The monoisotopic (exact) mass is 532 g/mol. The van der Waals surface area contributed by atoms with E-state index in [1.54, 1.807) is 18.3 Å². The highest BCUT2D eigenvalue weighted by molar-refractivity contribution is 5.82. The fourth-order valence-corrected chi connectivity index (χ4v) is 6.13. The van der Waals surface area contributed by atoms with Gasteiger partial charge in [-0.25, -0.2) is 0 Å². The Morgan fingerprint density at radius 3 is 2.56 bits per heavy atom. The van der Waals surface area contributed by atoms with E-state index in [0.29, 0.717) is 22.9 Å². The van der Waals surface area contributed by atoms with Crippen molar-refractivity contribution in [2.75, 3.05) is 13.1 Å². The molecule has 3 nitrogen and oxygen atoms in total. The SMILES string of the molecule is C=CC1C[N+]2(Cc3ccc(C(F)(F)F)cc3)CCC1C[C@H]2[C@@H](O)c1ccnc2ccccc12.[Br-]. The smallest absolute Gasteiger partial charge is 0.416 e. The lowest BCUT2D eigenvalue weighted by Gasteiger charge is -2.58. The summed E-state index contributed by atoms with van der Waals surface area (Å²) >= 11 is 0. The Balaban J connectivity index is 0.00000274. The number of halogens is 4. The highest BCUT2D eigenvalue weighted by atomic mass is 79.9. The van der Waals surface area contributed by atoms with E-state index in [1.165, 1.54) is 0 Å². The number of benzene rings is 2. The van der Waals surface area contributed by atoms with Gasteiger partial charge in [-0.15, -0.1) is 6.58 Å². The summed E-state index contributed by atoms with van der Waals surface area (Å²) in [5, 5.41) is 12.6. The van der Waals surface area contributed by atoms with Gasteiger partial charge in [-0.1, -0.05) is 36.4 Å². The standard InChI is InChI=1S/C27H28F3N2O.BrH/c1-2-19-17-32(16-18-7-9-21(10-8-18)27(28,29)30)14-12-20(19)15-25(32)26(33)23-11-13-31-24-6-4-3-5-22(23)24;/h2-11,13,19-20,25-26,33H,1,12,14-17H2;1H/q+1;/p-1/t19?,20?,25-,26-,32?;/m0./s1. The zero-order valence-electron chi connectivity index (χ0n) is 18.8. The number of aromatic nitrogens is 1. The van der Waals surface area contributed by atoms with Crippen LogP contribution in [0.15, 0.2) is 73.4 Å². The number of para-hydroxylation sites is 1. The summed E-state index contributed by atoms with van der Waals surface area (Å²) in [6.45, 7) is 6.39. The summed E-state index contributed by atoms with van der Waals surface area (Å²) in [4.78, 5) is 4.43. The predicted molar refractivity (Wildman–Crippen MR) is 122 cm³/mol. The first-order valence-electron chi connectivity index (χ1n) is 11.5. The van der Waals surface area contributed by atoms with Gasteiger partial charge in [0.25, 0.3) is 0 Å². The third kappa shape index (κ3) is 4.41. The van der Waals surface area contributed by atoms with E-state index in [9.17, 15) is 18.3 Å². The number of rotatable bonds is 5. The van der Waals surface area contributed by atoms with Crippen molar-refractivity contribution in [3.8, 4) is 0 Å². The minimum absolute atomic E-state index is 0. The number of aliphatic hydroxyl groups is 1. The van der Waals surface area contributed by atoms with Gasteiger partial charge in [-0.05, 0) is 35.7 Å². The number of piperidine rings is 3. The van der Waals surface area contributed by atoms with Crippen molar-refractivity contribution in [3.05, 3.63) is 90.1 Å². The second kappa shape index (κ2) is 9.44. The number of fused-ring (bicyclic) bond motifs is 4. The molecular weight excluding hydrogens is 505 g/mol. The zero-order chi connectivity index (χ0) is 23.2. The van der Waals surface area contributed by atoms with E-state index in [4.69, 9.17) is 0 Å². The molecule has 2 aromatic carbocycles. The van der Waals surface area contributed by atoms with Gasteiger partial charge in [0, 0.05) is 35.9 Å². The molecule has 3 unspecified atom stereocenters. The van der Waals surface area contributed by atoms with Crippen LogP contribution in [-0.4, -0.2) is 33.7 Å². The summed E-state index contributed by atoms with van der Waals surface area (Å²) in [5.74, 6) is 0.827. The molecule has 3 aromatic rings. The molecule has 3 fully saturated rings. The Bertz CT molecular complexity index is 1160. The Kier molecular flexibility index (Phi) is 6.91. The largest absolute Gasteiger partial charge is 1.00 e. The maximum atomic E-state index is 13.1. The van der Waals surface area contributed by atoms with Crippen LogP contribution >= 0.6 is 0 Å². The minimum atomic E-state index is -4.34. The summed E-state index contributed by atoms with van der Waals surface area (Å²) in [6.07, 6.45) is 0.648. The fraction of sp³-hybridized carbons (Fsp3) is 0.370. The Hall–Kier alpha value is -2.22. The summed E-state index contributed by atoms with van der Waals surface area (Å²) in [6, 6.07) is 15.2. The van der Waals surface area contributed by atoms with Gasteiger partial charge in [-0.2, -0.15) is 13.2 Å². The Labute approximate surface area is 208 Å². The van der Waals surface area contributed by atoms with Crippen LogP contribution < -0.4 is 17.0 Å². The van der Waals surface area contributed by atoms with Crippen LogP contribution in [0, 0.1) is 11.8 Å². The van der Waals surface area contributed by atoms with E-state index in [1.807, 2.05) is 36.4 Å². The molecule has 0 spiro atoms. The maximum Gasteiger partial charge on any atom is 0.416 e. The molecule has 6 rings (SSSR count). The number of quaternary nitrogens is 1. The van der Waals surface area contributed by atoms with Gasteiger partial charge in [0.1, 0.15) is 18.7 Å². The van der Waals surface area contributed by atoms with Crippen LogP contribution in [0.2, 0.25) is 0 Å². The number of nitrogens with zero attached hydrogens (tertiary/aromatic N) is 2. The average Bonchev–Trinajstić information content (AvgIpc) is 2.83. The molecule has 0 saturated carbocycles. The van der Waals surface area contributed by atoms with Gasteiger partial charge < -0.3 is 26.6 Å². The fourth-order valence-electron chi connectivity index (χ4n) is 6.13. The first kappa shape index (κ1) is 24.9. The molecule has 1 aromatic heterocycles. The molecule has 0 amide bonds. The van der Waals surface area contributed by atoms with E-state index in [2.05, 4.69) is 11.6 Å². The lowest BCUT2D eigenvalue weighted by atomic mass is 9.71. The van der Waals surface area contributed by atoms with Gasteiger partial charge in [0.2, 0.25) is 0 Å². The molecule has 1 N–H and O–H groups in total. The summed E-state index contributed by atoms with van der Waals surface area (Å²) in [7, 11) is 0. The van der Waals surface area contributed by atoms with Crippen LogP contribution in [0.4, 0.5) is 13.2 Å². The number of alkyl halides is 3. The van der Waals surface area contributed by atoms with E-state index < -0.39 is 17.8 Å². The van der Waals surface area contributed by atoms with Crippen molar-refractivity contribution in [2.45, 2.75) is 37.7 Å². The van der Waals surface area contributed by atoms with E-state index >= 15 is 0 Å². The Morgan fingerprint density at radius 1 is 1.12 bits per heavy atom. The van der Waals surface area contributed by atoms with Crippen LogP contribution in [0.25, 0.3) is 10.9 Å². The Morgan fingerprint density at radius 2 is 1.85 bits per heavy atom. The summed E-state index contributed by atoms with van der Waals surface area (Å²) in [5.41, 5.74) is 1.96. The number of hydrogen-bond acceptors (Lipinski definition) is 2. The zero-order valence-corrected chi connectivity index (χ0v) is 20.3. The van der Waals surface area contributed by atoms with Crippen molar-refractivity contribution in [1.29, 1.82) is 0 Å². The topological polar surface area (TPSA) is 33.1 Å². The van der Waals surface area contributed by atoms with Gasteiger partial charge in [0.15, 0.2) is 0 Å². The number of pyridine rings is 1. The molecule has 7 heteroatoms. The normalized spacial score (nSPS) is 27.2. The number of hydrogen-bond donors (Lipinski definition) is 1. The van der Waals surface area contributed by atoms with Crippen molar-refractivity contribution in [2.24, 2.45) is 11.8 Å². The second-order valence-electron chi connectivity index (χ2n) is 9.59. The van der Waals surface area contributed by atoms with Gasteiger partial charge >= 0.3 is 6.18 Å². The van der Waals surface area contributed by atoms with Crippen LogP contribution in [0.3, 0.4) is 0 Å². The predicted octanol–water partition coefficient (Wildman–Crippen LogP) is 2.90. The lowest BCUT2D eigenvalue weighted by molar-refractivity contribution is -0.984. The lowest BCUT2D eigenvalue weighted by Crippen LogP contribution is -3.00. The second-order valence-corrected chi connectivity index (χ2v) is 9.59. The van der Waals surface area contributed by atoms with Crippen molar-refractivity contribution in [1.82, 2.24) is 4.98 Å². The van der Waals surface area contributed by atoms with Gasteiger partial charge in [-0.3, -0.25) is 4.98 Å². The van der Waals surface area contributed by atoms with E-state index in [0.717, 1.165) is 60.1 Å². The van der Waals surface area contributed by atoms with Crippen LogP contribution in [-0.2, 0) is 12.7 Å². The average molecular weight is 533 g/mol. The van der Waals surface area contributed by atoms with Crippen LogP contribution in [0.1, 0.15) is 35.6 Å². The molecule has 3 saturated heterocycles. The van der Waals surface area contributed by atoms with E-state index in [-0.39, 0.29) is 23.0 Å². The molecule has 0 aliphatic carbocycles. The first-order chi connectivity index (χ1) is 15.8. The van der Waals surface area contributed by atoms with Crippen molar-refractivity contribution >= 4 is 10.9 Å². The minimum Gasteiger partial charge on any atom is -1.00 e. The molecule has 34 heavy (non-hydrogen) atoms. The molecule has 5 atom stereocenters. The molecule has 3 aliphatic rings. The number of aliphatic hydroxyl groups excluding tert-OH is 1. The van der Waals surface area contributed by atoms with Crippen molar-refractivity contribution < 1.29 is 39.7 Å². The quantitative estimate of drug-likeness (QED) is 0.405. The van der Waals surface area contributed by atoms with Gasteiger partial charge in [0.05, 0.1) is 24.2 Å². The first-order valence-corrected chi connectivity index (χ1v) is 11.5. The highest BCUT2D eigenvalue weighted by Crippen LogP contribution is 2.48. The maximum absolute atomic E-state index is 13.1. The third-order valence-corrected chi connectivity index (χ3v) is 7.82. The molecule has 180 valence electrons. The van der Waals surface area contributed by atoms with Crippen LogP contribution in [0.5, 0.6) is 0 Å². The molecule has 0 radical (unpaired) electrons.